The second-order valence-electron chi connectivity index (χ2n) is 3.89. The number of aromatic nitrogens is 2. The molecule has 1 atom stereocenters. The van der Waals surface area contributed by atoms with E-state index in [9.17, 15) is 0 Å². The van der Waals surface area contributed by atoms with E-state index in [0.717, 1.165) is 22.8 Å². The van der Waals surface area contributed by atoms with Gasteiger partial charge in [-0.05, 0) is 13.0 Å². The molecule has 1 aromatic carbocycles. The molecule has 0 aliphatic heterocycles. The lowest BCUT2D eigenvalue weighted by molar-refractivity contribution is 0.593. The molecule has 16 heavy (non-hydrogen) atoms. The Kier molecular flexibility index (Phi) is 3.27. The molecule has 0 aliphatic carbocycles. The van der Waals surface area contributed by atoms with Crippen molar-refractivity contribution in [2.75, 3.05) is 0 Å². The number of nitrogens with zero attached hydrogens (tertiary/aromatic N) is 2. The SMILES string of the molecule is CC(N)Cn1cncc1-c1ccccc1Cl. The van der Waals surface area contributed by atoms with Crippen LogP contribution in [0.3, 0.4) is 0 Å². The van der Waals surface area contributed by atoms with Crippen LogP contribution in [0.2, 0.25) is 5.02 Å². The molecule has 0 spiro atoms. The topological polar surface area (TPSA) is 43.8 Å². The number of hydrogen-bond acceptors (Lipinski definition) is 2. The third-order valence-corrected chi connectivity index (χ3v) is 2.68. The second-order valence-corrected chi connectivity index (χ2v) is 4.30. The number of nitrogens with two attached hydrogens (primary N) is 1. The van der Waals surface area contributed by atoms with E-state index in [1.54, 1.807) is 6.33 Å². The van der Waals surface area contributed by atoms with E-state index in [-0.39, 0.29) is 6.04 Å². The summed E-state index contributed by atoms with van der Waals surface area (Å²) in [5.74, 6) is 0. The zero-order chi connectivity index (χ0) is 11.5. The van der Waals surface area contributed by atoms with Gasteiger partial charge in [-0.15, -0.1) is 0 Å². The Morgan fingerprint density at radius 3 is 2.88 bits per heavy atom. The lowest BCUT2D eigenvalue weighted by Crippen LogP contribution is -2.22. The first-order valence-corrected chi connectivity index (χ1v) is 5.57. The minimum absolute atomic E-state index is 0.0930. The lowest BCUT2D eigenvalue weighted by Gasteiger charge is -2.11. The van der Waals surface area contributed by atoms with Crippen LogP contribution in [0, 0.1) is 0 Å². The summed E-state index contributed by atoms with van der Waals surface area (Å²) in [6, 6.07) is 7.83. The van der Waals surface area contributed by atoms with Crippen molar-refractivity contribution in [3.05, 3.63) is 41.8 Å². The molecule has 2 N–H and O–H groups in total. The minimum atomic E-state index is 0.0930. The van der Waals surface area contributed by atoms with Crippen molar-refractivity contribution in [1.82, 2.24) is 9.55 Å². The molecule has 1 heterocycles. The highest BCUT2D eigenvalue weighted by molar-refractivity contribution is 6.33. The zero-order valence-electron chi connectivity index (χ0n) is 9.10. The van der Waals surface area contributed by atoms with Gasteiger partial charge in [-0.3, -0.25) is 0 Å². The number of halogens is 1. The van der Waals surface area contributed by atoms with E-state index in [1.165, 1.54) is 0 Å². The van der Waals surface area contributed by atoms with E-state index in [4.69, 9.17) is 17.3 Å². The van der Waals surface area contributed by atoms with Crippen molar-refractivity contribution in [1.29, 1.82) is 0 Å². The molecule has 1 aromatic heterocycles. The first kappa shape index (κ1) is 11.2. The van der Waals surface area contributed by atoms with E-state index in [1.807, 2.05) is 42.0 Å². The molecule has 2 rings (SSSR count). The minimum Gasteiger partial charge on any atom is -0.329 e. The fraction of sp³-hybridized carbons (Fsp3) is 0.250. The molecule has 3 nitrogen and oxygen atoms in total. The van der Waals surface area contributed by atoms with Crippen LogP contribution in [0.5, 0.6) is 0 Å². The monoisotopic (exact) mass is 235 g/mol. The Balaban J connectivity index is 2.41. The number of rotatable bonds is 3. The fourth-order valence-corrected chi connectivity index (χ4v) is 1.90. The highest BCUT2D eigenvalue weighted by atomic mass is 35.5. The summed E-state index contributed by atoms with van der Waals surface area (Å²) in [5, 5.41) is 0.730. The van der Waals surface area contributed by atoms with Gasteiger partial charge in [-0.1, -0.05) is 29.8 Å². The van der Waals surface area contributed by atoms with Gasteiger partial charge < -0.3 is 10.3 Å². The predicted octanol–water partition coefficient (Wildman–Crippen LogP) is 2.55. The Labute approximate surface area is 99.9 Å². The molecule has 0 saturated carbocycles. The van der Waals surface area contributed by atoms with E-state index < -0.39 is 0 Å². The van der Waals surface area contributed by atoms with Gasteiger partial charge in [-0.2, -0.15) is 0 Å². The number of hydrogen-bond donors (Lipinski definition) is 1. The van der Waals surface area contributed by atoms with Crippen LogP contribution in [0.15, 0.2) is 36.8 Å². The molecular weight excluding hydrogens is 222 g/mol. The van der Waals surface area contributed by atoms with Crippen molar-refractivity contribution in [3.8, 4) is 11.3 Å². The Hall–Kier alpha value is -1.32. The van der Waals surface area contributed by atoms with Gasteiger partial charge in [0, 0.05) is 23.2 Å². The van der Waals surface area contributed by atoms with E-state index in [0.29, 0.717) is 0 Å². The van der Waals surface area contributed by atoms with E-state index >= 15 is 0 Å². The van der Waals surface area contributed by atoms with Gasteiger partial charge in [0.25, 0.3) is 0 Å². The van der Waals surface area contributed by atoms with Crippen LogP contribution in [0.4, 0.5) is 0 Å². The molecule has 0 bridgehead atoms. The van der Waals surface area contributed by atoms with Gasteiger partial charge in [0.2, 0.25) is 0 Å². The van der Waals surface area contributed by atoms with Gasteiger partial charge in [-0.25, -0.2) is 4.98 Å². The molecule has 0 aliphatic rings. The largest absolute Gasteiger partial charge is 0.329 e. The zero-order valence-corrected chi connectivity index (χ0v) is 9.85. The molecule has 0 saturated heterocycles. The van der Waals surface area contributed by atoms with Gasteiger partial charge in [0.1, 0.15) is 0 Å². The molecule has 4 heteroatoms. The lowest BCUT2D eigenvalue weighted by atomic mass is 10.1. The molecule has 0 radical (unpaired) electrons. The van der Waals surface area contributed by atoms with Crippen molar-refractivity contribution < 1.29 is 0 Å². The van der Waals surface area contributed by atoms with Gasteiger partial charge in [0.15, 0.2) is 0 Å². The summed E-state index contributed by atoms with van der Waals surface area (Å²) >= 11 is 6.15. The summed E-state index contributed by atoms with van der Waals surface area (Å²) in [6.45, 7) is 2.71. The van der Waals surface area contributed by atoms with Crippen LogP contribution >= 0.6 is 11.6 Å². The molecular formula is C12H14ClN3. The van der Waals surface area contributed by atoms with Crippen LogP contribution < -0.4 is 5.73 Å². The van der Waals surface area contributed by atoms with Crippen LogP contribution in [0.25, 0.3) is 11.3 Å². The highest BCUT2D eigenvalue weighted by Gasteiger charge is 2.09. The number of imidazole rings is 1. The third kappa shape index (κ3) is 2.26. The summed E-state index contributed by atoms with van der Waals surface area (Å²) in [6.07, 6.45) is 3.59. The van der Waals surface area contributed by atoms with Crippen molar-refractivity contribution in [3.63, 3.8) is 0 Å². The highest BCUT2D eigenvalue weighted by Crippen LogP contribution is 2.27. The van der Waals surface area contributed by atoms with Crippen molar-refractivity contribution in [2.24, 2.45) is 5.73 Å². The maximum Gasteiger partial charge on any atom is 0.0951 e. The first-order chi connectivity index (χ1) is 7.68. The van der Waals surface area contributed by atoms with E-state index in [2.05, 4.69) is 4.98 Å². The number of benzene rings is 1. The Morgan fingerprint density at radius 2 is 2.19 bits per heavy atom. The predicted molar refractivity (Wildman–Crippen MR) is 66.3 cm³/mol. The van der Waals surface area contributed by atoms with Gasteiger partial charge in [0.05, 0.1) is 18.2 Å². The molecule has 84 valence electrons. The second kappa shape index (κ2) is 4.68. The molecule has 0 amide bonds. The average molecular weight is 236 g/mol. The van der Waals surface area contributed by atoms with Crippen LogP contribution in [-0.4, -0.2) is 15.6 Å². The smallest absolute Gasteiger partial charge is 0.0951 e. The maximum atomic E-state index is 6.15. The third-order valence-electron chi connectivity index (χ3n) is 2.35. The average Bonchev–Trinajstić information content (AvgIpc) is 2.66. The van der Waals surface area contributed by atoms with Crippen molar-refractivity contribution in [2.45, 2.75) is 19.5 Å². The molecule has 1 unspecified atom stereocenters. The summed E-state index contributed by atoms with van der Waals surface area (Å²) in [5.41, 5.74) is 7.78. The quantitative estimate of drug-likeness (QED) is 0.889. The molecule has 2 aromatic rings. The Bertz CT molecular complexity index is 477. The summed E-state index contributed by atoms with van der Waals surface area (Å²) < 4.78 is 2.02. The van der Waals surface area contributed by atoms with Crippen LogP contribution in [0.1, 0.15) is 6.92 Å². The van der Waals surface area contributed by atoms with Crippen LogP contribution in [-0.2, 0) is 6.54 Å². The summed E-state index contributed by atoms with van der Waals surface area (Å²) in [7, 11) is 0. The van der Waals surface area contributed by atoms with Crippen molar-refractivity contribution >= 4 is 11.6 Å². The first-order valence-electron chi connectivity index (χ1n) is 5.19. The Morgan fingerprint density at radius 1 is 1.44 bits per heavy atom. The maximum absolute atomic E-state index is 6.15. The summed E-state index contributed by atoms with van der Waals surface area (Å²) in [4.78, 5) is 4.14. The standard InChI is InChI=1S/C12H14ClN3/c1-9(14)7-16-8-15-6-12(16)10-4-2-3-5-11(10)13/h2-6,8-9H,7,14H2,1H3. The fourth-order valence-electron chi connectivity index (χ4n) is 1.67. The normalized spacial score (nSPS) is 12.7. The molecule has 0 fully saturated rings. The van der Waals surface area contributed by atoms with Gasteiger partial charge >= 0.3 is 0 Å².